The number of hydrogen-bond acceptors (Lipinski definition) is 2. The number of rotatable bonds is 8. The molecule has 1 aromatic carbocycles. The van der Waals surface area contributed by atoms with E-state index in [1.54, 1.807) is 0 Å². The highest BCUT2D eigenvalue weighted by atomic mass is 16.5. The lowest BCUT2D eigenvalue weighted by Crippen LogP contribution is -2.13. The van der Waals surface area contributed by atoms with E-state index in [0.717, 1.165) is 32.2 Å². The van der Waals surface area contributed by atoms with Crippen LogP contribution in [0.15, 0.2) is 24.3 Å². The van der Waals surface area contributed by atoms with Gasteiger partial charge in [0.1, 0.15) is 0 Å². The van der Waals surface area contributed by atoms with Gasteiger partial charge in [0, 0.05) is 13.2 Å². The van der Waals surface area contributed by atoms with Crippen LogP contribution in [0, 0.1) is 5.92 Å². The molecule has 2 heteroatoms. The van der Waals surface area contributed by atoms with Crippen LogP contribution in [-0.2, 0) is 17.9 Å². The van der Waals surface area contributed by atoms with Crippen LogP contribution in [0.3, 0.4) is 0 Å². The third kappa shape index (κ3) is 5.33. The molecule has 0 spiro atoms. The minimum Gasteiger partial charge on any atom is -0.376 e. The molecule has 2 rings (SSSR count). The van der Waals surface area contributed by atoms with Gasteiger partial charge < -0.3 is 10.1 Å². The molecule has 1 fully saturated rings. The van der Waals surface area contributed by atoms with Crippen molar-refractivity contribution in [2.24, 2.45) is 5.92 Å². The third-order valence-electron chi connectivity index (χ3n) is 3.84. The van der Waals surface area contributed by atoms with E-state index in [1.807, 2.05) is 0 Å². The fraction of sp³-hybridized carbons (Fsp3) is 0.647. The molecule has 106 valence electrons. The van der Waals surface area contributed by atoms with Crippen molar-refractivity contribution < 1.29 is 4.74 Å². The average Bonchev–Trinajstić information content (AvgIpc) is 2.93. The van der Waals surface area contributed by atoms with Crippen LogP contribution in [0.2, 0.25) is 0 Å². The number of ether oxygens (including phenoxy) is 1. The minimum atomic E-state index is 0.762. The van der Waals surface area contributed by atoms with Crippen LogP contribution >= 0.6 is 0 Å². The summed E-state index contributed by atoms with van der Waals surface area (Å²) in [4.78, 5) is 0. The van der Waals surface area contributed by atoms with E-state index in [-0.39, 0.29) is 0 Å². The zero-order chi connectivity index (χ0) is 13.3. The molecule has 1 saturated carbocycles. The summed E-state index contributed by atoms with van der Waals surface area (Å²) in [6.07, 6.45) is 6.70. The highest BCUT2D eigenvalue weighted by molar-refractivity contribution is 5.22. The van der Waals surface area contributed by atoms with Crippen molar-refractivity contribution in [2.75, 3.05) is 13.2 Å². The number of benzene rings is 1. The average molecular weight is 261 g/mol. The molecule has 0 bridgehead atoms. The van der Waals surface area contributed by atoms with Crippen LogP contribution in [0.5, 0.6) is 0 Å². The molecule has 1 N–H and O–H groups in total. The van der Waals surface area contributed by atoms with Gasteiger partial charge >= 0.3 is 0 Å². The van der Waals surface area contributed by atoms with Crippen molar-refractivity contribution in [3.63, 3.8) is 0 Å². The van der Waals surface area contributed by atoms with Crippen LogP contribution < -0.4 is 5.32 Å². The van der Waals surface area contributed by atoms with E-state index < -0.39 is 0 Å². The van der Waals surface area contributed by atoms with Crippen LogP contribution in [0.25, 0.3) is 0 Å². The molecule has 1 aliphatic rings. The minimum absolute atomic E-state index is 0.762. The van der Waals surface area contributed by atoms with E-state index in [2.05, 4.69) is 36.5 Å². The number of hydrogen-bond donors (Lipinski definition) is 1. The predicted molar refractivity (Wildman–Crippen MR) is 80.1 cm³/mol. The predicted octanol–water partition coefficient (Wildman–Crippen LogP) is 3.89. The topological polar surface area (TPSA) is 21.3 Å². The standard InChI is InChI=1S/C17H27NO/c1-2-10-18-12-16-8-5-9-17(11-16)14-19-13-15-6-3-4-7-15/h5,8-9,11,15,18H,2-4,6-7,10,12-14H2,1H3. The van der Waals surface area contributed by atoms with Crippen LogP contribution in [0.1, 0.15) is 50.2 Å². The lowest BCUT2D eigenvalue weighted by atomic mass is 10.1. The Bertz CT molecular complexity index is 358. The maximum atomic E-state index is 5.86. The van der Waals surface area contributed by atoms with Gasteiger partial charge in [0.2, 0.25) is 0 Å². The molecule has 0 unspecified atom stereocenters. The van der Waals surface area contributed by atoms with E-state index in [0.29, 0.717) is 0 Å². The normalized spacial score (nSPS) is 16.1. The lowest BCUT2D eigenvalue weighted by molar-refractivity contribution is 0.0888. The molecule has 0 heterocycles. The molecule has 19 heavy (non-hydrogen) atoms. The maximum Gasteiger partial charge on any atom is 0.0717 e. The summed E-state index contributed by atoms with van der Waals surface area (Å²) in [5, 5.41) is 3.44. The van der Waals surface area contributed by atoms with Crippen molar-refractivity contribution in [3.05, 3.63) is 35.4 Å². The molecule has 0 aliphatic heterocycles. The van der Waals surface area contributed by atoms with E-state index in [9.17, 15) is 0 Å². The van der Waals surface area contributed by atoms with Gasteiger partial charge in [-0.2, -0.15) is 0 Å². The molecule has 1 aromatic rings. The van der Waals surface area contributed by atoms with Gasteiger partial charge in [-0.15, -0.1) is 0 Å². The quantitative estimate of drug-likeness (QED) is 0.717. The largest absolute Gasteiger partial charge is 0.376 e. The van der Waals surface area contributed by atoms with Gasteiger partial charge in [-0.25, -0.2) is 0 Å². The number of nitrogens with one attached hydrogen (secondary N) is 1. The maximum absolute atomic E-state index is 5.86. The summed E-state index contributed by atoms with van der Waals surface area (Å²) in [7, 11) is 0. The lowest BCUT2D eigenvalue weighted by Gasteiger charge is -2.11. The third-order valence-corrected chi connectivity index (χ3v) is 3.84. The first-order valence-corrected chi connectivity index (χ1v) is 7.74. The second kappa shape index (κ2) is 8.34. The van der Waals surface area contributed by atoms with Crippen molar-refractivity contribution in [1.82, 2.24) is 5.32 Å². The Morgan fingerprint density at radius 2 is 2.00 bits per heavy atom. The first-order chi connectivity index (χ1) is 9.38. The molecule has 0 atom stereocenters. The zero-order valence-electron chi connectivity index (χ0n) is 12.2. The summed E-state index contributed by atoms with van der Waals surface area (Å²) < 4.78 is 5.86. The Hall–Kier alpha value is -0.860. The molecule has 0 radical (unpaired) electrons. The first-order valence-electron chi connectivity index (χ1n) is 7.74. The molecule has 0 aromatic heterocycles. The summed E-state index contributed by atoms with van der Waals surface area (Å²) in [5.41, 5.74) is 2.66. The second-order valence-corrected chi connectivity index (χ2v) is 5.66. The Morgan fingerprint density at radius 1 is 1.21 bits per heavy atom. The Labute approximate surface area is 117 Å². The molecule has 2 nitrogen and oxygen atoms in total. The second-order valence-electron chi connectivity index (χ2n) is 5.66. The summed E-state index contributed by atoms with van der Waals surface area (Å²) in [5.74, 6) is 0.814. The van der Waals surface area contributed by atoms with Gasteiger partial charge in [-0.1, -0.05) is 44.0 Å². The van der Waals surface area contributed by atoms with Crippen LogP contribution in [-0.4, -0.2) is 13.2 Å². The van der Waals surface area contributed by atoms with Gasteiger partial charge in [-0.05, 0) is 42.9 Å². The van der Waals surface area contributed by atoms with E-state index >= 15 is 0 Å². The molecular weight excluding hydrogens is 234 g/mol. The first kappa shape index (κ1) is 14.5. The SMILES string of the molecule is CCCNCc1cccc(COCC2CCCC2)c1. The molecule has 1 aliphatic carbocycles. The highest BCUT2D eigenvalue weighted by Gasteiger charge is 2.14. The smallest absolute Gasteiger partial charge is 0.0717 e. The van der Waals surface area contributed by atoms with Gasteiger partial charge in [0.25, 0.3) is 0 Å². The Kier molecular flexibility index (Phi) is 6.38. The summed E-state index contributed by atoms with van der Waals surface area (Å²) in [6.45, 7) is 5.95. The van der Waals surface area contributed by atoms with Gasteiger partial charge in [0.15, 0.2) is 0 Å². The van der Waals surface area contributed by atoms with E-state index in [4.69, 9.17) is 4.74 Å². The fourth-order valence-electron chi connectivity index (χ4n) is 2.76. The molecule has 0 saturated heterocycles. The van der Waals surface area contributed by atoms with Gasteiger partial charge in [-0.3, -0.25) is 0 Å². The highest BCUT2D eigenvalue weighted by Crippen LogP contribution is 2.25. The van der Waals surface area contributed by atoms with Crippen molar-refractivity contribution in [1.29, 1.82) is 0 Å². The molecule has 0 amide bonds. The van der Waals surface area contributed by atoms with E-state index in [1.165, 1.54) is 43.2 Å². The fourth-order valence-corrected chi connectivity index (χ4v) is 2.76. The van der Waals surface area contributed by atoms with Crippen LogP contribution in [0.4, 0.5) is 0 Å². The monoisotopic (exact) mass is 261 g/mol. The Morgan fingerprint density at radius 3 is 2.79 bits per heavy atom. The Balaban J connectivity index is 1.71. The summed E-state index contributed by atoms with van der Waals surface area (Å²) in [6, 6.07) is 8.75. The summed E-state index contributed by atoms with van der Waals surface area (Å²) >= 11 is 0. The van der Waals surface area contributed by atoms with Crippen molar-refractivity contribution in [2.45, 2.75) is 52.2 Å². The van der Waals surface area contributed by atoms with Gasteiger partial charge in [0.05, 0.1) is 6.61 Å². The zero-order valence-corrected chi connectivity index (χ0v) is 12.2. The molecular formula is C17H27NO. The van der Waals surface area contributed by atoms with Crippen molar-refractivity contribution in [3.8, 4) is 0 Å². The van der Waals surface area contributed by atoms with Crippen molar-refractivity contribution >= 4 is 0 Å².